The van der Waals surface area contributed by atoms with Gasteiger partial charge >= 0.3 is 6.18 Å². The second kappa shape index (κ2) is 7.10. The van der Waals surface area contributed by atoms with Gasteiger partial charge in [-0.15, -0.1) is 0 Å². The Morgan fingerprint density at radius 1 is 1.45 bits per heavy atom. The number of hydrogen-bond donors (Lipinski definition) is 1. The molecule has 1 aromatic heterocycles. The molecule has 2 heterocycles. The summed E-state index contributed by atoms with van der Waals surface area (Å²) in [5.41, 5.74) is -0.998. The van der Waals surface area contributed by atoms with Gasteiger partial charge in [-0.2, -0.15) is 18.3 Å². The summed E-state index contributed by atoms with van der Waals surface area (Å²) in [6.07, 6.45) is -3.35. The maximum atomic E-state index is 12.4. The maximum Gasteiger partial charge on any atom is 0.435 e. The first kappa shape index (κ1) is 16.8. The van der Waals surface area contributed by atoms with Crippen molar-refractivity contribution in [1.29, 1.82) is 0 Å². The standard InChI is InChI=1S/C13H19F3N4O2/c1-10(8-19-4-6-22-7-5-19)17-12(21)9-20-3-2-11(18-20)13(14,15)16/h2-3,10H,4-9H2,1H3,(H,17,21)/t10-/m0/s1. The molecule has 1 fully saturated rings. The number of aromatic nitrogens is 2. The Morgan fingerprint density at radius 2 is 2.14 bits per heavy atom. The molecule has 0 saturated carbocycles. The Hall–Kier alpha value is -1.61. The van der Waals surface area contributed by atoms with Gasteiger partial charge in [0.15, 0.2) is 5.69 Å². The zero-order chi connectivity index (χ0) is 16.2. The number of halogens is 3. The van der Waals surface area contributed by atoms with Crippen molar-refractivity contribution in [2.24, 2.45) is 0 Å². The van der Waals surface area contributed by atoms with E-state index in [-0.39, 0.29) is 18.5 Å². The normalized spacial score (nSPS) is 18.2. The van der Waals surface area contributed by atoms with E-state index in [1.165, 1.54) is 0 Å². The molecule has 1 aliphatic rings. The summed E-state index contributed by atoms with van der Waals surface area (Å²) in [6, 6.07) is 0.757. The molecule has 9 heteroatoms. The zero-order valence-electron chi connectivity index (χ0n) is 12.3. The quantitative estimate of drug-likeness (QED) is 0.869. The van der Waals surface area contributed by atoms with Crippen LogP contribution in [-0.2, 0) is 22.3 Å². The minimum absolute atomic E-state index is 0.0942. The fourth-order valence-corrected chi connectivity index (χ4v) is 2.29. The van der Waals surface area contributed by atoms with Crippen molar-refractivity contribution in [3.63, 3.8) is 0 Å². The van der Waals surface area contributed by atoms with Gasteiger partial charge in [0.2, 0.25) is 5.91 Å². The van der Waals surface area contributed by atoms with Crippen LogP contribution in [-0.4, -0.2) is 59.5 Å². The summed E-state index contributed by atoms with van der Waals surface area (Å²) in [5, 5.41) is 6.11. The number of nitrogens with zero attached hydrogens (tertiary/aromatic N) is 3. The molecular formula is C13H19F3N4O2. The third-order valence-electron chi connectivity index (χ3n) is 3.28. The van der Waals surface area contributed by atoms with Gasteiger partial charge in [-0.05, 0) is 13.0 Å². The predicted molar refractivity (Wildman–Crippen MR) is 72.1 cm³/mol. The minimum atomic E-state index is -4.49. The van der Waals surface area contributed by atoms with Gasteiger partial charge in [0.05, 0.1) is 13.2 Å². The summed E-state index contributed by atoms with van der Waals surface area (Å²) in [7, 11) is 0. The van der Waals surface area contributed by atoms with Crippen LogP contribution in [0.25, 0.3) is 0 Å². The van der Waals surface area contributed by atoms with Crippen molar-refractivity contribution < 1.29 is 22.7 Å². The highest BCUT2D eigenvalue weighted by Crippen LogP contribution is 2.27. The molecule has 1 aliphatic heterocycles. The van der Waals surface area contributed by atoms with Gasteiger partial charge in [-0.1, -0.05) is 0 Å². The molecule has 1 aromatic rings. The highest BCUT2D eigenvalue weighted by molar-refractivity contribution is 5.75. The number of hydrogen-bond acceptors (Lipinski definition) is 4. The first-order chi connectivity index (χ1) is 10.3. The summed E-state index contributed by atoms with van der Waals surface area (Å²) >= 11 is 0. The molecular weight excluding hydrogens is 301 g/mol. The van der Waals surface area contributed by atoms with Crippen molar-refractivity contribution in [3.8, 4) is 0 Å². The molecule has 0 bridgehead atoms. The van der Waals surface area contributed by atoms with Crippen molar-refractivity contribution in [2.75, 3.05) is 32.8 Å². The van der Waals surface area contributed by atoms with Gasteiger partial charge in [0, 0.05) is 31.9 Å². The second-order valence-electron chi connectivity index (χ2n) is 5.28. The summed E-state index contributed by atoms with van der Waals surface area (Å²) in [4.78, 5) is 14.0. The highest BCUT2D eigenvalue weighted by Gasteiger charge is 2.33. The number of rotatable bonds is 5. The fourth-order valence-electron chi connectivity index (χ4n) is 2.29. The first-order valence-corrected chi connectivity index (χ1v) is 7.04. The number of alkyl halides is 3. The smallest absolute Gasteiger partial charge is 0.379 e. The third kappa shape index (κ3) is 4.99. The van der Waals surface area contributed by atoms with E-state index < -0.39 is 11.9 Å². The lowest BCUT2D eigenvalue weighted by Gasteiger charge is -2.29. The number of carbonyl (C=O) groups excluding carboxylic acids is 1. The number of ether oxygens (including phenoxy) is 1. The maximum absolute atomic E-state index is 12.4. The molecule has 124 valence electrons. The molecule has 1 saturated heterocycles. The Labute approximate surface area is 126 Å². The molecule has 2 rings (SSSR count). The molecule has 1 amide bonds. The summed E-state index contributed by atoms with van der Waals surface area (Å²) in [6.45, 7) is 5.29. The molecule has 0 aromatic carbocycles. The molecule has 1 N–H and O–H groups in total. The van der Waals surface area contributed by atoms with Crippen molar-refractivity contribution in [2.45, 2.75) is 25.7 Å². The highest BCUT2D eigenvalue weighted by atomic mass is 19.4. The van der Waals surface area contributed by atoms with Crippen LogP contribution in [0.1, 0.15) is 12.6 Å². The molecule has 0 unspecified atom stereocenters. The average molecular weight is 320 g/mol. The zero-order valence-corrected chi connectivity index (χ0v) is 12.3. The van der Waals surface area contributed by atoms with E-state index in [9.17, 15) is 18.0 Å². The van der Waals surface area contributed by atoms with E-state index in [4.69, 9.17) is 4.74 Å². The number of morpholine rings is 1. The topological polar surface area (TPSA) is 59.4 Å². The Bertz CT molecular complexity index is 498. The third-order valence-corrected chi connectivity index (χ3v) is 3.28. The van der Waals surface area contributed by atoms with Crippen LogP contribution in [0, 0.1) is 0 Å². The number of amides is 1. The predicted octanol–water partition coefficient (Wildman–Crippen LogP) is 0.739. The fraction of sp³-hybridized carbons (Fsp3) is 0.692. The molecule has 6 nitrogen and oxygen atoms in total. The second-order valence-corrected chi connectivity index (χ2v) is 5.28. The van der Waals surface area contributed by atoms with Crippen LogP contribution in [0.15, 0.2) is 12.3 Å². The van der Waals surface area contributed by atoms with Crippen LogP contribution in [0.5, 0.6) is 0 Å². The van der Waals surface area contributed by atoms with E-state index >= 15 is 0 Å². The van der Waals surface area contributed by atoms with Gasteiger partial charge in [-0.25, -0.2) is 0 Å². The lowest BCUT2D eigenvalue weighted by molar-refractivity contribution is -0.141. The van der Waals surface area contributed by atoms with E-state index in [0.717, 1.165) is 30.0 Å². The van der Waals surface area contributed by atoms with Crippen molar-refractivity contribution in [1.82, 2.24) is 20.0 Å². The minimum Gasteiger partial charge on any atom is -0.379 e. The van der Waals surface area contributed by atoms with Crippen LogP contribution in [0.3, 0.4) is 0 Å². The molecule has 0 spiro atoms. The van der Waals surface area contributed by atoms with Crippen LogP contribution in [0.2, 0.25) is 0 Å². The van der Waals surface area contributed by atoms with Crippen LogP contribution >= 0.6 is 0 Å². The largest absolute Gasteiger partial charge is 0.435 e. The molecule has 22 heavy (non-hydrogen) atoms. The lowest BCUT2D eigenvalue weighted by Crippen LogP contribution is -2.46. The Balaban J connectivity index is 1.78. The SMILES string of the molecule is C[C@@H](CN1CCOCC1)NC(=O)Cn1ccc(C(F)(F)F)n1. The van der Waals surface area contributed by atoms with Crippen LogP contribution in [0.4, 0.5) is 13.2 Å². The summed E-state index contributed by atoms with van der Waals surface area (Å²) < 4.78 is 43.5. The lowest BCUT2D eigenvalue weighted by atomic mass is 10.3. The first-order valence-electron chi connectivity index (χ1n) is 7.04. The summed E-state index contributed by atoms with van der Waals surface area (Å²) in [5.74, 6) is -0.363. The van der Waals surface area contributed by atoms with Gasteiger partial charge < -0.3 is 10.1 Å². The van der Waals surface area contributed by atoms with Crippen molar-refractivity contribution in [3.05, 3.63) is 18.0 Å². The molecule has 0 aliphatic carbocycles. The van der Waals surface area contributed by atoms with Crippen LogP contribution < -0.4 is 5.32 Å². The van der Waals surface area contributed by atoms with E-state index in [0.29, 0.717) is 19.8 Å². The monoisotopic (exact) mass is 320 g/mol. The Morgan fingerprint density at radius 3 is 2.73 bits per heavy atom. The number of carbonyl (C=O) groups is 1. The van der Waals surface area contributed by atoms with E-state index in [2.05, 4.69) is 15.3 Å². The molecule has 0 radical (unpaired) electrons. The molecule has 1 atom stereocenters. The van der Waals surface area contributed by atoms with Gasteiger partial charge in [0.1, 0.15) is 6.54 Å². The Kier molecular flexibility index (Phi) is 5.41. The van der Waals surface area contributed by atoms with E-state index in [1.54, 1.807) is 0 Å². The van der Waals surface area contributed by atoms with E-state index in [1.807, 2.05) is 6.92 Å². The van der Waals surface area contributed by atoms with Crippen molar-refractivity contribution >= 4 is 5.91 Å². The average Bonchev–Trinajstić information content (AvgIpc) is 2.87. The van der Waals surface area contributed by atoms with Gasteiger partial charge in [0.25, 0.3) is 0 Å². The number of nitrogens with one attached hydrogen (secondary N) is 1. The van der Waals surface area contributed by atoms with Gasteiger partial charge in [-0.3, -0.25) is 14.4 Å².